The van der Waals surface area contributed by atoms with Crippen molar-refractivity contribution in [3.05, 3.63) is 54.4 Å². The van der Waals surface area contributed by atoms with E-state index in [2.05, 4.69) is 10.3 Å². The Balaban J connectivity index is 1.63. The molecule has 0 saturated carbocycles. The van der Waals surface area contributed by atoms with Crippen molar-refractivity contribution in [1.29, 1.82) is 0 Å². The number of amides is 1. The molecule has 3 aromatic rings. The zero-order chi connectivity index (χ0) is 17.1. The Hall–Kier alpha value is -2.82. The number of benzene rings is 2. The van der Waals surface area contributed by atoms with Gasteiger partial charge < -0.3 is 14.6 Å². The zero-order valence-corrected chi connectivity index (χ0v) is 14.1. The van der Waals surface area contributed by atoms with E-state index in [0.717, 1.165) is 28.0 Å². The van der Waals surface area contributed by atoms with Crippen molar-refractivity contribution >= 4 is 22.6 Å². The summed E-state index contributed by atoms with van der Waals surface area (Å²) in [5.74, 6) is 0.742. The Morgan fingerprint density at radius 1 is 1.21 bits per heavy atom. The number of hydrogen-bond acceptors (Lipinski definition) is 3. The smallest absolute Gasteiger partial charge is 0.228 e. The Morgan fingerprint density at radius 3 is 2.67 bits per heavy atom. The molecular weight excluding hydrogens is 302 g/mol. The van der Waals surface area contributed by atoms with Crippen LogP contribution in [0.3, 0.4) is 0 Å². The molecule has 0 spiro atoms. The maximum Gasteiger partial charge on any atom is 0.228 e. The number of fused-ring (bicyclic) bond motifs is 1. The summed E-state index contributed by atoms with van der Waals surface area (Å²) < 4.78 is 7.55. The van der Waals surface area contributed by atoms with Crippen LogP contribution in [0.1, 0.15) is 19.4 Å². The van der Waals surface area contributed by atoms with Gasteiger partial charge in [-0.15, -0.1) is 0 Å². The van der Waals surface area contributed by atoms with Gasteiger partial charge in [0.2, 0.25) is 5.91 Å². The largest absolute Gasteiger partial charge is 0.491 e. The quantitative estimate of drug-likeness (QED) is 0.781. The van der Waals surface area contributed by atoms with E-state index in [4.69, 9.17) is 4.74 Å². The first-order chi connectivity index (χ1) is 11.5. The number of ether oxygens (including phenoxy) is 1. The average Bonchev–Trinajstić information content (AvgIpc) is 2.89. The van der Waals surface area contributed by atoms with E-state index in [-0.39, 0.29) is 12.0 Å². The fourth-order valence-electron chi connectivity index (χ4n) is 2.57. The third-order valence-electron chi connectivity index (χ3n) is 3.66. The first kappa shape index (κ1) is 16.1. The Bertz CT molecular complexity index is 851. The second-order valence-electron chi connectivity index (χ2n) is 6.09. The molecule has 0 bridgehead atoms. The van der Waals surface area contributed by atoms with Gasteiger partial charge in [0.15, 0.2) is 0 Å². The second kappa shape index (κ2) is 6.74. The fraction of sp³-hybridized carbons (Fsp3) is 0.263. The predicted octanol–water partition coefficient (Wildman–Crippen LogP) is 3.54. The molecule has 5 nitrogen and oxygen atoms in total. The Kier molecular flexibility index (Phi) is 4.51. The van der Waals surface area contributed by atoms with E-state index in [0.29, 0.717) is 6.42 Å². The number of aromatic nitrogens is 2. The average molecular weight is 323 g/mol. The first-order valence-corrected chi connectivity index (χ1v) is 7.98. The van der Waals surface area contributed by atoms with Gasteiger partial charge in [-0.3, -0.25) is 4.79 Å². The number of rotatable bonds is 5. The highest BCUT2D eigenvalue weighted by atomic mass is 16.5. The molecule has 3 rings (SSSR count). The van der Waals surface area contributed by atoms with Crippen LogP contribution in [0, 0.1) is 0 Å². The normalized spacial score (nSPS) is 11.0. The number of carbonyl (C=O) groups is 1. The summed E-state index contributed by atoms with van der Waals surface area (Å²) in [5.41, 5.74) is 3.66. The van der Waals surface area contributed by atoms with E-state index >= 15 is 0 Å². The van der Waals surface area contributed by atoms with Crippen LogP contribution in [-0.4, -0.2) is 21.6 Å². The lowest BCUT2D eigenvalue weighted by atomic mass is 10.1. The van der Waals surface area contributed by atoms with Gasteiger partial charge in [-0.25, -0.2) is 4.98 Å². The molecule has 124 valence electrons. The molecular formula is C19H21N3O2. The lowest BCUT2D eigenvalue weighted by Crippen LogP contribution is -2.14. The van der Waals surface area contributed by atoms with Crippen molar-refractivity contribution in [2.24, 2.45) is 7.05 Å². The van der Waals surface area contributed by atoms with Crippen molar-refractivity contribution in [1.82, 2.24) is 9.55 Å². The Labute approximate surface area is 141 Å². The summed E-state index contributed by atoms with van der Waals surface area (Å²) in [6.45, 7) is 3.96. The highest BCUT2D eigenvalue weighted by Gasteiger charge is 2.07. The number of hydrogen-bond donors (Lipinski definition) is 1. The number of carbonyl (C=O) groups excluding carboxylic acids is 1. The molecule has 24 heavy (non-hydrogen) atoms. The Morgan fingerprint density at radius 2 is 1.96 bits per heavy atom. The summed E-state index contributed by atoms with van der Waals surface area (Å²) in [6, 6.07) is 13.3. The molecule has 2 aromatic carbocycles. The maximum atomic E-state index is 12.2. The second-order valence-corrected chi connectivity index (χ2v) is 6.09. The van der Waals surface area contributed by atoms with E-state index in [1.54, 1.807) is 6.33 Å². The van der Waals surface area contributed by atoms with Crippen LogP contribution in [0.5, 0.6) is 5.75 Å². The van der Waals surface area contributed by atoms with Crippen molar-refractivity contribution in [2.75, 3.05) is 5.32 Å². The minimum atomic E-state index is -0.0530. The summed E-state index contributed by atoms with van der Waals surface area (Å²) in [6.07, 6.45) is 2.22. The summed E-state index contributed by atoms with van der Waals surface area (Å²) in [4.78, 5) is 16.5. The van der Waals surface area contributed by atoms with Gasteiger partial charge in [0, 0.05) is 12.7 Å². The summed E-state index contributed by atoms with van der Waals surface area (Å²) in [7, 11) is 1.95. The molecule has 0 aliphatic heterocycles. The third kappa shape index (κ3) is 3.74. The van der Waals surface area contributed by atoms with Crippen molar-refractivity contribution in [2.45, 2.75) is 26.4 Å². The standard InChI is InChI=1S/C19H21N3O2/c1-13(2)24-16-7-5-15(6-8-16)21-19(23)11-14-4-9-18-17(10-14)20-12-22(18)3/h4-10,12-13H,11H2,1-3H3,(H,21,23). The SMILES string of the molecule is CC(C)Oc1ccc(NC(=O)Cc2ccc3c(c2)ncn3C)cc1. The predicted molar refractivity (Wildman–Crippen MR) is 95.3 cm³/mol. The molecule has 0 radical (unpaired) electrons. The minimum absolute atomic E-state index is 0.0530. The lowest BCUT2D eigenvalue weighted by Gasteiger charge is -2.10. The molecule has 1 amide bonds. The van der Waals surface area contributed by atoms with Gasteiger partial charge in [0.25, 0.3) is 0 Å². The van der Waals surface area contributed by atoms with Gasteiger partial charge in [-0.1, -0.05) is 6.07 Å². The zero-order valence-electron chi connectivity index (χ0n) is 14.1. The number of aryl methyl sites for hydroxylation is 1. The molecule has 0 unspecified atom stereocenters. The van der Waals surface area contributed by atoms with Crippen LogP contribution in [0.15, 0.2) is 48.8 Å². The van der Waals surface area contributed by atoms with Gasteiger partial charge in [-0.2, -0.15) is 0 Å². The van der Waals surface area contributed by atoms with Gasteiger partial charge in [0.1, 0.15) is 5.75 Å². The molecule has 1 heterocycles. The number of imidazole rings is 1. The van der Waals surface area contributed by atoms with Crippen LogP contribution in [-0.2, 0) is 18.3 Å². The van der Waals surface area contributed by atoms with Crippen molar-refractivity contribution in [3.63, 3.8) is 0 Å². The molecule has 0 aliphatic rings. The molecule has 0 atom stereocenters. The van der Waals surface area contributed by atoms with Crippen LogP contribution in [0.25, 0.3) is 11.0 Å². The van der Waals surface area contributed by atoms with E-state index < -0.39 is 0 Å². The third-order valence-corrected chi connectivity index (χ3v) is 3.66. The lowest BCUT2D eigenvalue weighted by molar-refractivity contribution is -0.115. The van der Waals surface area contributed by atoms with E-state index in [1.165, 1.54) is 0 Å². The molecule has 5 heteroatoms. The molecule has 0 saturated heterocycles. The minimum Gasteiger partial charge on any atom is -0.491 e. The monoisotopic (exact) mass is 323 g/mol. The molecule has 1 N–H and O–H groups in total. The van der Waals surface area contributed by atoms with Crippen LogP contribution in [0.2, 0.25) is 0 Å². The maximum absolute atomic E-state index is 12.2. The summed E-state index contributed by atoms with van der Waals surface area (Å²) in [5, 5.41) is 2.90. The fourth-order valence-corrected chi connectivity index (χ4v) is 2.57. The topological polar surface area (TPSA) is 56.1 Å². The van der Waals surface area contributed by atoms with Gasteiger partial charge in [-0.05, 0) is 55.8 Å². The van der Waals surface area contributed by atoms with E-state index in [1.807, 2.05) is 67.9 Å². The highest BCUT2D eigenvalue weighted by molar-refractivity contribution is 5.92. The van der Waals surface area contributed by atoms with Gasteiger partial charge >= 0.3 is 0 Å². The molecule has 0 fully saturated rings. The van der Waals surface area contributed by atoms with Crippen LogP contribution in [0.4, 0.5) is 5.69 Å². The summed E-state index contributed by atoms with van der Waals surface area (Å²) >= 11 is 0. The van der Waals surface area contributed by atoms with E-state index in [9.17, 15) is 4.79 Å². The number of nitrogens with one attached hydrogen (secondary N) is 1. The highest BCUT2D eigenvalue weighted by Crippen LogP contribution is 2.18. The van der Waals surface area contributed by atoms with Crippen molar-refractivity contribution in [3.8, 4) is 5.75 Å². The first-order valence-electron chi connectivity index (χ1n) is 7.98. The van der Waals surface area contributed by atoms with Crippen LogP contribution < -0.4 is 10.1 Å². The van der Waals surface area contributed by atoms with Gasteiger partial charge in [0.05, 0.1) is 29.9 Å². The van der Waals surface area contributed by atoms with Crippen molar-refractivity contribution < 1.29 is 9.53 Å². The number of nitrogens with zero attached hydrogens (tertiary/aromatic N) is 2. The van der Waals surface area contributed by atoms with Crippen LogP contribution >= 0.6 is 0 Å². The number of anilines is 1. The molecule has 0 aliphatic carbocycles. The molecule has 1 aromatic heterocycles.